The summed E-state index contributed by atoms with van der Waals surface area (Å²) in [5.74, 6) is 1.53. The highest BCUT2D eigenvalue weighted by molar-refractivity contribution is 7.98. The van der Waals surface area contributed by atoms with E-state index in [-0.39, 0.29) is 5.91 Å². The molecule has 3 aromatic carbocycles. The molecule has 0 spiro atoms. The molecule has 3 rings (SSSR count). The number of anilines is 1. The molecule has 3 nitrogen and oxygen atoms in total. The molecule has 0 bridgehead atoms. The number of hydrogen-bond donors (Lipinski definition) is 1. The van der Waals surface area contributed by atoms with Gasteiger partial charge in [0.05, 0.1) is 0 Å². The van der Waals surface area contributed by atoms with Gasteiger partial charge in [0.2, 0.25) is 0 Å². The monoisotopic (exact) mass is 405 g/mol. The van der Waals surface area contributed by atoms with E-state index in [0.717, 1.165) is 28.3 Å². The van der Waals surface area contributed by atoms with Crippen molar-refractivity contribution < 1.29 is 9.53 Å². The molecule has 150 valence electrons. The number of hydrogen-bond acceptors (Lipinski definition) is 3. The predicted octanol–water partition coefficient (Wildman–Crippen LogP) is 6.39. The van der Waals surface area contributed by atoms with Crippen molar-refractivity contribution in [3.63, 3.8) is 0 Å². The lowest BCUT2D eigenvalue weighted by molar-refractivity contribution is -0.122. The molecule has 1 amide bonds. The third kappa shape index (κ3) is 5.88. The van der Waals surface area contributed by atoms with Crippen LogP contribution in [0, 0.1) is 13.8 Å². The Balaban J connectivity index is 1.58. The highest BCUT2D eigenvalue weighted by Gasteiger charge is 2.19. The number of nitrogens with one attached hydrogen (secondary N) is 1. The summed E-state index contributed by atoms with van der Waals surface area (Å²) in [5, 5.41) is 2.98. The number of aryl methyl sites for hydroxylation is 1. The van der Waals surface area contributed by atoms with Crippen LogP contribution in [0.2, 0.25) is 0 Å². The van der Waals surface area contributed by atoms with Gasteiger partial charge in [-0.05, 0) is 67.3 Å². The van der Waals surface area contributed by atoms with Crippen molar-refractivity contribution in [2.45, 2.75) is 43.9 Å². The highest BCUT2D eigenvalue weighted by atomic mass is 32.2. The molecule has 0 aliphatic rings. The number of benzene rings is 3. The first kappa shape index (κ1) is 21.0. The Morgan fingerprint density at radius 3 is 2.38 bits per heavy atom. The Morgan fingerprint density at radius 2 is 1.69 bits per heavy atom. The van der Waals surface area contributed by atoms with Crippen molar-refractivity contribution in [3.8, 4) is 5.75 Å². The zero-order valence-corrected chi connectivity index (χ0v) is 18.0. The maximum Gasteiger partial charge on any atom is 0.265 e. The van der Waals surface area contributed by atoms with E-state index in [4.69, 9.17) is 4.74 Å². The quantitative estimate of drug-likeness (QED) is 0.441. The van der Waals surface area contributed by atoms with Gasteiger partial charge in [0.1, 0.15) is 5.75 Å². The second kappa shape index (κ2) is 10.2. The molecular formula is C25H27NO2S. The van der Waals surface area contributed by atoms with E-state index in [2.05, 4.69) is 29.6 Å². The average Bonchev–Trinajstić information content (AvgIpc) is 2.75. The molecule has 3 aromatic rings. The van der Waals surface area contributed by atoms with E-state index < -0.39 is 6.10 Å². The molecule has 1 N–H and O–H groups in total. The number of thioether (sulfide) groups is 1. The summed E-state index contributed by atoms with van der Waals surface area (Å²) in [5.41, 5.74) is 4.22. The van der Waals surface area contributed by atoms with Crippen LogP contribution in [0.1, 0.15) is 30.0 Å². The van der Waals surface area contributed by atoms with E-state index in [1.807, 2.05) is 69.3 Å². The van der Waals surface area contributed by atoms with Crippen molar-refractivity contribution >= 4 is 23.4 Å². The van der Waals surface area contributed by atoms with Gasteiger partial charge in [-0.2, -0.15) is 0 Å². The van der Waals surface area contributed by atoms with Gasteiger partial charge in [0.25, 0.3) is 5.91 Å². The van der Waals surface area contributed by atoms with Crippen LogP contribution in [0.3, 0.4) is 0 Å². The molecule has 0 fully saturated rings. The Labute approximate surface area is 177 Å². The Bertz CT molecular complexity index is 939. The van der Waals surface area contributed by atoms with E-state index >= 15 is 0 Å². The van der Waals surface area contributed by atoms with Gasteiger partial charge >= 0.3 is 0 Å². The average molecular weight is 406 g/mol. The smallest absolute Gasteiger partial charge is 0.265 e. The van der Waals surface area contributed by atoms with Crippen LogP contribution in [0.25, 0.3) is 0 Å². The summed E-state index contributed by atoms with van der Waals surface area (Å²) in [6.07, 6.45) is 0.0779. The number of amides is 1. The Hall–Kier alpha value is -2.72. The predicted molar refractivity (Wildman–Crippen MR) is 122 cm³/mol. The third-order valence-electron chi connectivity index (χ3n) is 4.86. The molecule has 0 aliphatic heterocycles. The van der Waals surface area contributed by atoms with Crippen molar-refractivity contribution in [1.82, 2.24) is 0 Å². The normalized spacial score (nSPS) is 11.7. The molecule has 4 heteroatoms. The molecule has 0 saturated carbocycles. The number of carbonyl (C=O) groups is 1. The van der Waals surface area contributed by atoms with Crippen LogP contribution < -0.4 is 10.1 Å². The highest BCUT2D eigenvalue weighted by Crippen LogP contribution is 2.24. The van der Waals surface area contributed by atoms with Crippen LogP contribution in [0.4, 0.5) is 5.69 Å². The van der Waals surface area contributed by atoms with Gasteiger partial charge in [0.15, 0.2) is 6.10 Å². The second-order valence-electron chi connectivity index (χ2n) is 7.00. The summed E-state index contributed by atoms with van der Waals surface area (Å²) in [4.78, 5) is 13.9. The van der Waals surface area contributed by atoms with Crippen LogP contribution in [0.5, 0.6) is 5.75 Å². The minimum atomic E-state index is -0.524. The fourth-order valence-corrected chi connectivity index (χ4v) is 3.79. The maximum absolute atomic E-state index is 12.7. The largest absolute Gasteiger partial charge is 0.480 e. The zero-order chi connectivity index (χ0) is 20.6. The van der Waals surface area contributed by atoms with Crippen molar-refractivity contribution in [1.29, 1.82) is 0 Å². The van der Waals surface area contributed by atoms with Crippen LogP contribution in [0.15, 0.2) is 77.7 Å². The summed E-state index contributed by atoms with van der Waals surface area (Å²) >= 11 is 1.80. The molecule has 0 radical (unpaired) electrons. The van der Waals surface area contributed by atoms with Gasteiger partial charge < -0.3 is 10.1 Å². The van der Waals surface area contributed by atoms with E-state index in [9.17, 15) is 4.79 Å². The fourth-order valence-electron chi connectivity index (χ4n) is 2.92. The maximum atomic E-state index is 12.7. The van der Waals surface area contributed by atoms with Gasteiger partial charge in [-0.3, -0.25) is 4.79 Å². The van der Waals surface area contributed by atoms with E-state index in [1.165, 1.54) is 10.5 Å². The zero-order valence-electron chi connectivity index (χ0n) is 17.1. The minimum absolute atomic E-state index is 0.125. The standard InChI is InChI=1S/C25H27NO2S/c1-4-23(28-24-12-8-9-18(2)19(24)3)25(27)26-21-15-13-20(14-16-21)17-29-22-10-6-5-7-11-22/h5-16,23H,4,17H2,1-3H3,(H,26,27). The van der Waals surface area contributed by atoms with Crippen LogP contribution >= 0.6 is 11.8 Å². The first-order valence-electron chi connectivity index (χ1n) is 9.87. The van der Waals surface area contributed by atoms with Gasteiger partial charge in [-0.25, -0.2) is 0 Å². The van der Waals surface area contributed by atoms with Crippen molar-refractivity contribution in [2.24, 2.45) is 0 Å². The SMILES string of the molecule is CCC(Oc1cccc(C)c1C)C(=O)Nc1ccc(CSc2ccccc2)cc1. The topological polar surface area (TPSA) is 38.3 Å². The molecule has 0 heterocycles. The van der Waals surface area contributed by atoms with Crippen molar-refractivity contribution in [2.75, 3.05) is 5.32 Å². The molecule has 0 saturated heterocycles. The Morgan fingerprint density at radius 1 is 0.966 bits per heavy atom. The number of ether oxygens (including phenoxy) is 1. The lowest BCUT2D eigenvalue weighted by atomic mass is 10.1. The first-order chi connectivity index (χ1) is 14.1. The Kier molecular flexibility index (Phi) is 7.36. The van der Waals surface area contributed by atoms with Gasteiger partial charge in [-0.15, -0.1) is 11.8 Å². The molecule has 1 atom stereocenters. The van der Waals surface area contributed by atoms with E-state index in [1.54, 1.807) is 11.8 Å². The molecule has 0 aliphatic carbocycles. The number of rotatable bonds is 8. The molecule has 29 heavy (non-hydrogen) atoms. The van der Waals surface area contributed by atoms with Crippen LogP contribution in [-0.4, -0.2) is 12.0 Å². The molecule has 0 aromatic heterocycles. The lowest BCUT2D eigenvalue weighted by Gasteiger charge is -2.19. The first-order valence-corrected chi connectivity index (χ1v) is 10.9. The summed E-state index contributed by atoms with van der Waals surface area (Å²) < 4.78 is 6.01. The minimum Gasteiger partial charge on any atom is -0.480 e. The second-order valence-corrected chi connectivity index (χ2v) is 8.05. The summed E-state index contributed by atoms with van der Waals surface area (Å²) in [7, 11) is 0. The van der Waals surface area contributed by atoms with Gasteiger partial charge in [-0.1, -0.05) is 49.4 Å². The number of carbonyl (C=O) groups excluding carboxylic acids is 1. The summed E-state index contributed by atoms with van der Waals surface area (Å²) in [6, 6.07) is 24.3. The van der Waals surface area contributed by atoms with Crippen molar-refractivity contribution in [3.05, 3.63) is 89.5 Å². The van der Waals surface area contributed by atoms with Gasteiger partial charge in [0, 0.05) is 16.3 Å². The lowest BCUT2D eigenvalue weighted by Crippen LogP contribution is -2.32. The van der Waals surface area contributed by atoms with Crippen LogP contribution in [-0.2, 0) is 10.5 Å². The molecule has 1 unspecified atom stereocenters. The summed E-state index contributed by atoms with van der Waals surface area (Å²) in [6.45, 7) is 6.02. The van der Waals surface area contributed by atoms with E-state index in [0.29, 0.717) is 6.42 Å². The fraction of sp³-hybridized carbons (Fsp3) is 0.240. The third-order valence-corrected chi connectivity index (χ3v) is 5.94. The molecular weight excluding hydrogens is 378 g/mol.